The maximum atomic E-state index is 10.8. The molecule has 12 heavy (non-hydrogen) atoms. The van der Waals surface area contributed by atoms with Crippen molar-refractivity contribution in [2.75, 3.05) is 6.61 Å². The van der Waals surface area contributed by atoms with Crippen molar-refractivity contribution in [1.29, 1.82) is 0 Å². The predicted octanol–water partition coefficient (Wildman–Crippen LogP) is -0.153. The van der Waals surface area contributed by atoms with Gasteiger partial charge in [0.05, 0.1) is 6.61 Å². The van der Waals surface area contributed by atoms with Gasteiger partial charge in [-0.25, -0.2) is 4.79 Å². The standard InChI is InChI=1S/C8H14O4/c1-3-4-8(11)12-6(2)7(10)5-9/h3-4,6-7,9-10H,5H2,1-2H3/b4-3+. The third-order valence-electron chi connectivity index (χ3n) is 1.33. The zero-order valence-corrected chi connectivity index (χ0v) is 7.23. The second-order valence-corrected chi connectivity index (χ2v) is 2.39. The Morgan fingerprint density at radius 1 is 1.67 bits per heavy atom. The molecule has 0 spiro atoms. The van der Waals surface area contributed by atoms with Crippen LogP contribution in [0, 0.1) is 0 Å². The van der Waals surface area contributed by atoms with Crippen molar-refractivity contribution >= 4 is 5.97 Å². The number of carbonyl (C=O) groups is 1. The molecule has 0 aromatic rings. The molecule has 0 aliphatic heterocycles. The van der Waals surface area contributed by atoms with E-state index in [9.17, 15) is 4.79 Å². The van der Waals surface area contributed by atoms with Crippen LogP contribution in [0.1, 0.15) is 13.8 Å². The summed E-state index contributed by atoms with van der Waals surface area (Å²) in [5.41, 5.74) is 0. The van der Waals surface area contributed by atoms with Gasteiger partial charge >= 0.3 is 5.97 Å². The Bertz CT molecular complexity index is 164. The minimum absolute atomic E-state index is 0.412. The van der Waals surface area contributed by atoms with Gasteiger partial charge in [0.25, 0.3) is 0 Å². The van der Waals surface area contributed by atoms with Crippen molar-refractivity contribution in [1.82, 2.24) is 0 Å². The Hall–Kier alpha value is -0.870. The number of allylic oxidation sites excluding steroid dienone is 1. The molecule has 0 heterocycles. The van der Waals surface area contributed by atoms with Gasteiger partial charge in [0, 0.05) is 6.08 Å². The van der Waals surface area contributed by atoms with Gasteiger partial charge in [-0.15, -0.1) is 0 Å². The summed E-state index contributed by atoms with van der Waals surface area (Å²) in [6, 6.07) is 0. The van der Waals surface area contributed by atoms with E-state index in [4.69, 9.17) is 14.9 Å². The zero-order valence-electron chi connectivity index (χ0n) is 7.23. The van der Waals surface area contributed by atoms with Crippen molar-refractivity contribution in [2.24, 2.45) is 0 Å². The van der Waals surface area contributed by atoms with E-state index < -0.39 is 24.8 Å². The first-order valence-corrected chi connectivity index (χ1v) is 3.74. The highest BCUT2D eigenvalue weighted by atomic mass is 16.6. The van der Waals surface area contributed by atoms with Crippen LogP contribution in [-0.2, 0) is 9.53 Å². The van der Waals surface area contributed by atoms with Gasteiger partial charge < -0.3 is 14.9 Å². The molecule has 0 aromatic heterocycles. The van der Waals surface area contributed by atoms with E-state index in [0.717, 1.165) is 0 Å². The Kier molecular flexibility index (Phi) is 5.32. The molecule has 4 heteroatoms. The van der Waals surface area contributed by atoms with Crippen LogP contribution >= 0.6 is 0 Å². The molecule has 0 aliphatic carbocycles. The number of hydrogen-bond acceptors (Lipinski definition) is 4. The minimum Gasteiger partial charge on any atom is -0.457 e. The quantitative estimate of drug-likeness (QED) is 0.459. The first-order valence-electron chi connectivity index (χ1n) is 3.74. The molecule has 0 fully saturated rings. The molecular weight excluding hydrogens is 160 g/mol. The number of hydrogen-bond donors (Lipinski definition) is 2. The predicted molar refractivity (Wildman–Crippen MR) is 43.5 cm³/mol. The van der Waals surface area contributed by atoms with Crippen LogP contribution in [0.5, 0.6) is 0 Å². The lowest BCUT2D eigenvalue weighted by Crippen LogP contribution is -2.30. The van der Waals surface area contributed by atoms with Crippen LogP contribution in [0.25, 0.3) is 0 Å². The number of carbonyl (C=O) groups excluding carboxylic acids is 1. The van der Waals surface area contributed by atoms with E-state index >= 15 is 0 Å². The highest BCUT2D eigenvalue weighted by Crippen LogP contribution is 1.98. The lowest BCUT2D eigenvalue weighted by Gasteiger charge is -2.15. The summed E-state index contributed by atoms with van der Waals surface area (Å²) >= 11 is 0. The normalized spacial score (nSPS) is 16.0. The van der Waals surface area contributed by atoms with E-state index in [0.29, 0.717) is 0 Å². The number of esters is 1. The van der Waals surface area contributed by atoms with Crippen LogP contribution in [-0.4, -0.2) is 35.0 Å². The van der Waals surface area contributed by atoms with Crippen LogP contribution in [0.15, 0.2) is 12.2 Å². The fraction of sp³-hybridized carbons (Fsp3) is 0.625. The molecular formula is C8H14O4. The van der Waals surface area contributed by atoms with Gasteiger partial charge in [0.2, 0.25) is 0 Å². The van der Waals surface area contributed by atoms with E-state index in [1.54, 1.807) is 13.0 Å². The monoisotopic (exact) mass is 174 g/mol. The van der Waals surface area contributed by atoms with Gasteiger partial charge in [-0.05, 0) is 13.8 Å². The third-order valence-corrected chi connectivity index (χ3v) is 1.33. The average Bonchev–Trinajstić information content (AvgIpc) is 2.03. The maximum Gasteiger partial charge on any atom is 0.330 e. The molecule has 0 radical (unpaired) electrons. The Morgan fingerprint density at radius 2 is 2.25 bits per heavy atom. The molecule has 0 saturated carbocycles. The largest absolute Gasteiger partial charge is 0.457 e. The lowest BCUT2D eigenvalue weighted by atomic mass is 10.2. The molecule has 4 nitrogen and oxygen atoms in total. The van der Waals surface area contributed by atoms with Gasteiger partial charge in [0.1, 0.15) is 12.2 Å². The Morgan fingerprint density at radius 3 is 2.67 bits per heavy atom. The van der Waals surface area contributed by atoms with Gasteiger partial charge in [-0.3, -0.25) is 0 Å². The van der Waals surface area contributed by atoms with Gasteiger partial charge in [-0.1, -0.05) is 6.08 Å². The van der Waals surface area contributed by atoms with E-state index in [1.807, 2.05) is 0 Å². The van der Waals surface area contributed by atoms with Crippen molar-refractivity contribution in [3.05, 3.63) is 12.2 Å². The van der Waals surface area contributed by atoms with Gasteiger partial charge in [-0.2, -0.15) is 0 Å². The minimum atomic E-state index is -1.01. The molecule has 2 N–H and O–H groups in total. The highest BCUT2D eigenvalue weighted by molar-refractivity contribution is 5.81. The fourth-order valence-electron chi connectivity index (χ4n) is 0.586. The van der Waals surface area contributed by atoms with Crippen LogP contribution < -0.4 is 0 Å². The Labute approximate surface area is 71.5 Å². The number of rotatable bonds is 4. The van der Waals surface area contributed by atoms with Crippen LogP contribution in [0.3, 0.4) is 0 Å². The first kappa shape index (κ1) is 11.1. The van der Waals surface area contributed by atoms with Crippen molar-refractivity contribution in [2.45, 2.75) is 26.1 Å². The summed E-state index contributed by atoms with van der Waals surface area (Å²) in [5, 5.41) is 17.5. The van der Waals surface area contributed by atoms with Crippen LogP contribution in [0.4, 0.5) is 0 Å². The van der Waals surface area contributed by atoms with Crippen LogP contribution in [0.2, 0.25) is 0 Å². The summed E-state index contributed by atoms with van der Waals surface area (Å²) < 4.78 is 4.71. The number of aliphatic hydroxyl groups is 2. The number of ether oxygens (including phenoxy) is 1. The molecule has 70 valence electrons. The Balaban J connectivity index is 3.83. The van der Waals surface area contributed by atoms with E-state index in [-0.39, 0.29) is 0 Å². The van der Waals surface area contributed by atoms with E-state index in [1.165, 1.54) is 13.0 Å². The molecule has 0 bridgehead atoms. The maximum absolute atomic E-state index is 10.8. The summed E-state index contributed by atoms with van der Waals surface area (Å²) in [5.74, 6) is -0.516. The second-order valence-electron chi connectivity index (χ2n) is 2.39. The summed E-state index contributed by atoms with van der Waals surface area (Å²) in [4.78, 5) is 10.8. The smallest absolute Gasteiger partial charge is 0.330 e. The molecule has 0 aromatic carbocycles. The van der Waals surface area contributed by atoms with Crippen molar-refractivity contribution < 1.29 is 19.7 Å². The topological polar surface area (TPSA) is 66.8 Å². The molecule has 2 atom stereocenters. The SMILES string of the molecule is C/C=C/C(=O)OC(C)C(O)CO. The fourth-order valence-corrected chi connectivity index (χ4v) is 0.586. The summed E-state index contributed by atoms with van der Waals surface area (Å²) in [6.45, 7) is 2.79. The third kappa shape index (κ3) is 4.10. The van der Waals surface area contributed by atoms with Crippen molar-refractivity contribution in [3.63, 3.8) is 0 Å². The van der Waals surface area contributed by atoms with Crippen molar-refractivity contribution in [3.8, 4) is 0 Å². The molecule has 0 aliphatic rings. The first-order chi connectivity index (χ1) is 5.61. The number of aliphatic hydroxyl groups excluding tert-OH is 2. The second kappa shape index (κ2) is 5.74. The molecule has 0 rings (SSSR count). The van der Waals surface area contributed by atoms with E-state index in [2.05, 4.69) is 0 Å². The molecule has 0 amide bonds. The average molecular weight is 174 g/mol. The highest BCUT2D eigenvalue weighted by Gasteiger charge is 2.15. The zero-order chi connectivity index (χ0) is 9.56. The van der Waals surface area contributed by atoms with Gasteiger partial charge in [0.15, 0.2) is 0 Å². The summed E-state index contributed by atoms with van der Waals surface area (Å²) in [6.07, 6.45) is 1.10. The molecule has 0 saturated heterocycles. The molecule has 2 unspecified atom stereocenters. The lowest BCUT2D eigenvalue weighted by molar-refractivity contribution is -0.148. The summed E-state index contributed by atoms with van der Waals surface area (Å²) in [7, 11) is 0.